The zero-order chi connectivity index (χ0) is 14.3. The minimum Gasteiger partial charge on any atom is -0.478 e. The number of nitrogens with one attached hydrogen (secondary N) is 3. The SMILES string of the molecule is CCNC(=O)CNC(=O)Nc1cncc(C(=O)O)c1. The second kappa shape index (κ2) is 6.94. The van der Waals surface area contributed by atoms with Crippen LogP contribution in [0.25, 0.3) is 0 Å². The van der Waals surface area contributed by atoms with Gasteiger partial charge < -0.3 is 21.1 Å². The van der Waals surface area contributed by atoms with Gasteiger partial charge in [-0.3, -0.25) is 9.78 Å². The van der Waals surface area contributed by atoms with Crippen molar-refractivity contribution in [1.82, 2.24) is 15.6 Å². The number of carbonyl (C=O) groups is 3. The van der Waals surface area contributed by atoms with Gasteiger partial charge in [0.2, 0.25) is 5.91 Å². The predicted octanol–water partition coefficient (Wildman–Crippen LogP) is 0.0374. The van der Waals surface area contributed by atoms with E-state index in [0.717, 1.165) is 0 Å². The molecule has 8 heteroatoms. The molecule has 0 radical (unpaired) electrons. The maximum atomic E-state index is 11.4. The van der Waals surface area contributed by atoms with Crippen molar-refractivity contribution in [3.63, 3.8) is 0 Å². The zero-order valence-electron chi connectivity index (χ0n) is 10.3. The quantitative estimate of drug-likeness (QED) is 0.599. The number of hydrogen-bond donors (Lipinski definition) is 4. The smallest absolute Gasteiger partial charge is 0.337 e. The summed E-state index contributed by atoms with van der Waals surface area (Å²) in [6.07, 6.45) is 2.47. The van der Waals surface area contributed by atoms with Crippen LogP contribution in [-0.2, 0) is 4.79 Å². The largest absolute Gasteiger partial charge is 0.478 e. The summed E-state index contributed by atoms with van der Waals surface area (Å²) in [7, 11) is 0. The Morgan fingerprint density at radius 2 is 2.00 bits per heavy atom. The first-order chi connectivity index (χ1) is 9.02. The van der Waals surface area contributed by atoms with Gasteiger partial charge in [0.25, 0.3) is 0 Å². The Bertz CT molecular complexity index is 489. The molecule has 1 aromatic rings. The van der Waals surface area contributed by atoms with Crippen LogP contribution in [0.5, 0.6) is 0 Å². The van der Waals surface area contributed by atoms with Crippen molar-refractivity contribution in [3.8, 4) is 0 Å². The zero-order valence-corrected chi connectivity index (χ0v) is 10.3. The van der Waals surface area contributed by atoms with E-state index in [0.29, 0.717) is 6.54 Å². The number of amides is 3. The van der Waals surface area contributed by atoms with Gasteiger partial charge in [0.15, 0.2) is 0 Å². The molecule has 3 amide bonds. The van der Waals surface area contributed by atoms with Gasteiger partial charge in [-0.2, -0.15) is 0 Å². The van der Waals surface area contributed by atoms with E-state index in [1.54, 1.807) is 6.92 Å². The van der Waals surface area contributed by atoms with Crippen LogP contribution in [0.15, 0.2) is 18.5 Å². The molecule has 0 unspecified atom stereocenters. The first-order valence-electron chi connectivity index (χ1n) is 5.52. The number of likely N-dealkylation sites (N-methyl/N-ethyl adjacent to an activating group) is 1. The molecule has 102 valence electrons. The standard InChI is InChI=1S/C11H14N4O4/c1-2-13-9(16)6-14-11(19)15-8-3-7(10(17)18)4-12-5-8/h3-5H,2,6H2,1H3,(H,13,16)(H,17,18)(H2,14,15,19). The van der Waals surface area contributed by atoms with Gasteiger partial charge in [-0.15, -0.1) is 0 Å². The minimum absolute atomic E-state index is 0.0403. The van der Waals surface area contributed by atoms with Gasteiger partial charge in [-0.25, -0.2) is 9.59 Å². The molecule has 1 aromatic heterocycles. The highest BCUT2D eigenvalue weighted by atomic mass is 16.4. The monoisotopic (exact) mass is 266 g/mol. The van der Waals surface area contributed by atoms with E-state index < -0.39 is 12.0 Å². The molecule has 0 atom stereocenters. The number of rotatable bonds is 5. The van der Waals surface area contributed by atoms with Gasteiger partial charge in [0.05, 0.1) is 24.0 Å². The maximum absolute atomic E-state index is 11.4. The van der Waals surface area contributed by atoms with E-state index in [1.807, 2.05) is 0 Å². The second-order valence-electron chi connectivity index (χ2n) is 3.53. The van der Waals surface area contributed by atoms with E-state index >= 15 is 0 Å². The lowest BCUT2D eigenvalue weighted by molar-refractivity contribution is -0.119. The molecule has 0 aliphatic rings. The lowest BCUT2D eigenvalue weighted by Gasteiger charge is -2.07. The summed E-state index contributed by atoms with van der Waals surface area (Å²) in [5.74, 6) is -1.45. The number of anilines is 1. The normalized spacial score (nSPS) is 9.53. The Morgan fingerprint density at radius 1 is 1.26 bits per heavy atom. The highest BCUT2D eigenvalue weighted by molar-refractivity contribution is 5.94. The van der Waals surface area contributed by atoms with Crippen LogP contribution < -0.4 is 16.0 Å². The Kier molecular flexibility index (Phi) is 5.27. The molecule has 0 aliphatic heterocycles. The lowest BCUT2D eigenvalue weighted by atomic mass is 10.3. The lowest BCUT2D eigenvalue weighted by Crippen LogP contribution is -2.38. The predicted molar refractivity (Wildman–Crippen MR) is 66.9 cm³/mol. The van der Waals surface area contributed by atoms with Gasteiger partial charge in [0.1, 0.15) is 0 Å². The van der Waals surface area contributed by atoms with Crippen LogP contribution >= 0.6 is 0 Å². The molecule has 0 saturated heterocycles. The molecular formula is C11H14N4O4. The summed E-state index contributed by atoms with van der Waals surface area (Å²) in [6.45, 7) is 2.08. The van der Waals surface area contributed by atoms with Crippen molar-refractivity contribution >= 4 is 23.6 Å². The average molecular weight is 266 g/mol. The summed E-state index contributed by atoms with van der Waals surface area (Å²) >= 11 is 0. The summed E-state index contributed by atoms with van der Waals surface area (Å²) < 4.78 is 0. The molecular weight excluding hydrogens is 252 g/mol. The van der Waals surface area contributed by atoms with Crippen molar-refractivity contribution in [2.45, 2.75) is 6.92 Å². The van der Waals surface area contributed by atoms with Gasteiger partial charge in [-0.1, -0.05) is 0 Å². The molecule has 0 aliphatic carbocycles. The van der Waals surface area contributed by atoms with Crippen molar-refractivity contribution in [2.75, 3.05) is 18.4 Å². The fourth-order valence-electron chi connectivity index (χ4n) is 1.22. The molecule has 0 saturated carbocycles. The van der Waals surface area contributed by atoms with E-state index in [-0.39, 0.29) is 23.7 Å². The first-order valence-corrected chi connectivity index (χ1v) is 5.52. The van der Waals surface area contributed by atoms with Crippen molar-refractivity contribution in [2.24, 2.45) is 0 Å². The molecule has 0 spiro atoms. The highest BCUT2D eigenvalue weighted by Crippen LogP contribution is 2.07. The third-order valence-corrected chi connectivity index (χ3v) is 2.03. The van der Waals surface area contributed by atoms with Crippen LogP contribution in [0.1, 0.15) is 17.3 Å². The third kappa shape index (κ3) is 5.02. The summed E-state index contributed by atoms with van der Waals surface area (Å²) in [5, 5.41) is 16.0. The number of carboxylic acid groups (broad SMARTS) is 1. The summed E-state index contributed by atoms with van der Waals surface area (Å²) in [6, 6.07) is 0.650. The van der Waals surface area contributed by atoms with E-state index in [4.69, 9.17) is 5.11 Å². The molecule has 8 nitrogen and oxygen atoms in total. The third-order valence-electron chi connectivity index (χ3n) is 2.03. The van der Waals surface area contributed by atoms with Crippen LogP contribution in [0.3, 0.4) is 0 Å². The number of carbonyl (C=O) groups excluding carboxylic acids is 2. The fraction of sp³-hybridized carbons (Fsp3) is 0.273. The number of nitrogens with zero attached hydrogens (tertiary/aromatic N) is 1. The number of aromatic carboxylic acids is 1. The van der Waals surface area contributed by atoms with E-state index in [1.165, 1.54) is 18.5 Å². The summed E-state index contributed by atoms with van der Waals surface area (Å²) in [4.78, 5) is 36.9. The van der Waals surface area contributed by atoms with Gasteiger partial charge in [-0.05, 0) is 13.0 Å². The minimum atomic E-state index is -1.14. The number of pyridine rings is 1. The molecule has 4 N–H and O–H groups in total. The van der Waals surface area contributed by atoms with Crippen LogP contribution in [0.2, 0.25) is 0 Å². The first kappa shape index (κ1) is 14.4. The Balaban J connectivity index is 2.50. The molecule has 1 rings (SSSR count). The number of urea groups is 1. The van der Waals surface area contributed by atoms with Crippen molar-refractivity contribution in [3.05, 3.63) is 24.0 Å². The number of aromatic nitrogens is 1. The fourth-order valence-corrected chi connectivity index (χ4v) is 1.22. The molecule has 0 bridgehead atoms. The summed E-state index contributed by atoms with van der Waals surface area (Å²) in [5.41, 5.74) is 0.190. The molecule has 0 fully saturated rings. The topological polar surface area (TPSA) is 120 Å². The Labute approximate surface area is 109 Å². The second-order valence-corrected chi connectivity index (χ2v) is 3.53. The van der Waals surface area contributed by atoms with Gasteiger partial charge in [0, 0.05) is 12.7 Å². The Hall–Kier alpha value is -2.64. The van der Waals surface area contributed by atoms with Crippen molar-refractivity contribution < 1.29 is 19.5 Å². The maximum Gasteiger partial charge on any atom is 0.337 e. The average Bonchev–Trinajstić information content (AvgIpc) is 2.37. The van der Waals surface area contributed by atoms with E-state index in [2.05, 4.69) is 20.9 Å². The van der Waals surface area contributed by atoms with Crippen molar-refractivity contribution in [1.29, 1.82) is 0 Å². The van der Waals surface area contributed by atoms with E-state index in [9.17, 15) is 14.4 Å². The number of hydrogen-bond acceptors (Lipinski definition) is 4. The molecule has 0 aromatic carbocycles. The number of carboxylic acids is 1. The molecule has 19 heavy (non-hydrogen) atoms. The Morgan fingerprint density at radius 3 is 2.63 bits per heavy atom. The highest BCUT2D eigenvalue weighted by Gasteiger charge is 2.07. The van der Waals surface area contributed by atoms with Gasteiger partial charge >= 0.3 is 12.0 Å². The van der Waals surface area contributed by atoms with Crippen LogP contribution in [-0.4, -0.2) is 41.1 Å². The molecule has 1 heterocycles. The van der Waals surface area contributed by atoms with Crippen LogP contribution in [0, 0.1) is 0 Å². The van der Waals surface area contributed by atoms with Crippen LogP contribution in [0.4, 0.5) is 10.5 Å².